The Labute approximate surface area is 124 Å². The molecule has 2 rings (SSSR count). The van der Waals surface area contributed by atoms with Gasteiger partial charge in [-0.05, 0) is 37.1 Å². The van der Waals surface area contributed by atoms with Gasteiger partial charge in [0.05, 0.1) is 0 Å². The van der Waals surface area contributed by atoms with Crippen LogP contribution in [0.3, 0.4) is 0 Å². The molecular weight excluding hydrogens is 316 g/mol. The maximum atomic E-state index is 12.6. The van der Waals surface area contributed by atoms with E-state index in [0.717, 1.165) is 0 Å². The first kappa shape index (κ1) is 15.8. The summed E-state index contributed by atoms with van der Waals surface area (Å²) in [5.74, 6) is 0. The number of hydrogen-bond acceptors (Lipinski definition) is 3. The molecule has 0 spiro atoms. The van der Waals surface area contributed by atoms with E-state index in [4.69, 9.17) is 23.2 Å². The van der Waals surface area contributed by atoms with Gasteiger partial charge in [0.25, 0.3) is 0 Å². The largest absolute Gasteiger partial charge is 0.415 e. The molecule has 20 heavy (non-hydrogen) atoms. The van der Waals surface area contributed by atoms with Crippen LogP contribution in [0.4, 0.5) is 13.2 Å². The molecule has 1 aliphatic heterocycles. The Hall–Kier alpha value is -0.560. The second-order valence-electron chi connectivity index (χ2n) is 4.79. The lowest BCUT2D eigenvalue weighted by Crippen LogP contribution is -2.46. The van der Waals surface area contributed by atoms with E-state index in [-0.39, 0.29) is 16.9 Å². The van der Waals surface area contributed by atoms with E-state index in [1.165, 1.54) is 0 Å². The van der Waals surface area contributed by atoms with Crippen molar-refractivity contribution in [2.45, 2.75) is 37.7 Å². The van der Waals surface area contributed by atoms with Gasteiger partial charge in [0.2, 0.25) is 0 Å². The molecule has 0 aromatic carbocycles. The fourth-order valence-corrected chi connectivity index (χ4v) is 2.97. The summed E-state index contributed by atoms with van der Waals surface area (Å²) in [4.78, 5) is 5.38. The highest BCUT2D eigenvalue weighted by Crippen LogP contribution is 2.31. The molecule has 0 radical (unpaired) electrons. The summed E-state index contributed by atoms with van der Waals surface area (Å²) in [5, 5.41) is 9.80. The number of likely N-dealkylation sites (tertiary alicyclic amines) is 1. The summed E-state index contributed by atoms with van der Waals surface area (Å²) in [6.07, 6.45) is -6.02. The van der Waals surface area contributed by atoms with Crippen LogP contribution in [0.2, 0.25) is 10.3 Å². The van der Waals surface area contributed by atoms with Gasteiger partial charge < -0.3 is 5.11 Å². The summed E-state index contributed by atoms with van der Waals surface area (Å²) < 4.78 is 37.8. The number of aliphatic hydroxyl groups excluding tert-OH is 1. The summed E-state index contributed by atoms with van der Waals surface area (Å²) in [5.41, 5.74) is 0.677. The molecular formula is C12H13Cl2F3N2O. The van der Waals surface area contributed by atoms with Gasteiger partial charge in [-0.1, -0.05) is 23.2 Å². The van der Waals surface area contributed by atoms with E-state index in [0.29, 0.717) is 24.9 Å². The van der Waals surface area contributed by atoms with Crippen molar-refractivity contribution in [3.8, 4) is 0 Å². The number of aliphatic hydroxyl groups is 1. The molecule has 3 nitrogen and oxygen atoms in total. The first-order chi connectivity index (χ1) is 9.27. The minimum absolute atomic E-state index is 0.194. The van der Waals surface area contributed by atoms with Crippen LogP contribution in [0, 0.1) is 0 Å². The van der Waals surface area contributed by atoms with E-state index in [1.807, 2.05) is 0 Å². The molecule has 0 bridgehead atoms. The van der Waals surface area contributed by atoms with Crippen LogP contribution >= 0.6 is 23.2 Å². The third-order valence-electron chi connectivity index (χ3n) is 3.32. The standard InChI is InChI=1S/C12H13Cl2F3N2O/c13-9-4-7(5-10(14)18-9)6-19-3-1-2-8(19)11(20)12(15,16)17/h4-5,8,11,20H,1-3,6H2/t8-,11+/m1/s1. The molecule has 2 atom stereocenters. The zero-order valence-corrected chi connectivity index (χ0v) is 11.9. The van der Waals surface area contributed by atoms with Crippen molar-refractivity contribution >= 4 is 23.2 Å². The van der Waals surface area contributed by atoms with Crippen LogP contribution in [0.15, 0.2) is 12.1 Å². The number of rotatable bonds is 3. The summed E-state index contributed by atoms with van der Waals surface area (Å²) in [7, 11) is 0. The normalized spacial score (nSPS) is 22.2. The molecule has 8 heteroatoms. The van der Waals surface area contributed by atoms with E-state index in [2.05, 4.69) is 4.98 Å². The van der Waals surface area contributed by atoms with Crippen LogP contribution in [0.25, 0.3) is 0 Å². The number of pyridine rings is 1. The number of aromatic nitrogens is 1. The molecule has 0 unspecified atom stereocenters. The Morgan fingerprint density at radius 2 is 1.95 bits per heavy atom. The minimum Gasteiger partial charge on any atom is -0.382 e. The molecule has 1 aromatic heterocycles. The summed E-state index contributed by atoms with van der Waals surface area (Å²) in [6, 6.07) is 2.19. The van der Waals surface area contributed by atoms with E-state index < -0.39 is 18.3 Å². The monoisotopic (exact) mass is 328 g/mol. The molecule has 1 saturated heterocycles. The molecule has 0 amide bonds. The van der Waals surface area contributed by atoms with Crippen LogP contribution in [-0.2, 0) is 6.54 Å². The Morgan fingerprint density at radius 1 is 1.35 bits per heavy atom. The zero-order chi connectivity index (χ0) is 14.9. The highest BCUT2D eigenvalue weighted by molar-refractivity contribution is 6.32. The van der Waals surface area contributed by atoms with Gasteiger partial charge in [-0.2, -0.15) is 13.2 Å². The fraction of sp³-hybridized carbons (Fsp3) is 0.583. The average Bonchev–Trinajstić information content (AvgIpc) is 2.73. The topological polar surface area (TPSA) is 36.4 Å². The molecule has 112 valence electrons. The predicted molar refractivity (Wildman–Crippen MR) is 69.8 cm³/mol. The van der Waals surface area contributed by atoms with Crippen LogP contribution < -0.4 is 0 Å². The Balaban J connectivity index is 2.11. The summed E-state index contributed by atoms with van der Waals surface area (Å²) >= 11 is 11.5. The number of alkyl halides is 3. The van der Waals surface area contributed by atoms with Crippen molar-refractivity contribution in [2.24, 2.45) is 0 Å². The fourth-order valence-electron chi connectivity index (χ4n) is 2.46. The van der Waals surface area contributed by atoms with Crippen molar-refractivity contribution in [3.05, 3.63) is 28.0 Å². The quantitative estimate of drug-likeness (QED) is 0.865. The minimum atomic E-state index is -4.61. The van der Waals surface area contributed by atoms with Crippen molar-refractivity contribution in [2.75, 3.05) is 6.54 Å². The highest BCUT2D eigenvalue weighted by Gasteiger charge is 2.46. The van der Waals surface area contributed by atoms with Crippen LogP contribution in [0.1, 0.15) is 18.4 Å². The van der Waals surface area contributed by atoms with Gasteiger partial charge in [-0.3, -0.25) is 4.90 Å². The first-order valence-electron chi connectivity index (χ1n) is 6.08. The predicted octanol–water partition coefficient (Wildman–Crippen LogP) is 3.28. The van der Waals surface area contributed by atoms with Crippen LogP contribution in [0.5, 0.6) is 0 Å². The van der Waals surface area contributed by atoms with Crippen molar-refractivity contribution in [3.63, 3.8) is 0 Å². The van der Waals surface area contributed by atoms with E-state index in [9.17, 15) is 18.3 Å². The van der Waals surface area contributed by atoms with Gasteiger partial charge in [-0.15, -0.1) is 0 Å². The average molecular weight is 329 g/mol. The van der Waals surface area contributed by atoms with Gasteiger partial charge in [0.1, 0.15) is 10.3 Å². The van der Waals surface area contributed by atoms with Crippen molar-refractivity contribution in [1.29, 1.82) is 0 Å². The maximum Gasteiger partial charge on any atom is 0.415 e. The number of hydrogen-bond donors (Lipinski definition) is 1. The maximum absolute atomic E-state index is 12.6. The van der Waals surface area contributed by atoms with Crippen LogP contribution in [-0.4, -0.2) is 39.9 Å². The van der Waals surface area contributed by atoms with Gasteiger partial charge >= 0.3 is 6.18 Å². The molecule has 1 aliphatic rings. The third kappa shape index (κ3) is 3.75. The van der Waals surface area contributed by atoms with Crippen molar-refractivity contribution in [1.82, 2.24) is 9.88 Å². The van der Waals surface area contributed by atoms with E-state index >= 15 is 0 Å². The molecule has 0 saturated carbocycles. The second kappa shape index (κ2) is 6.05. The lowest BCUT2D eigenvalue weighted by Gasteiger charge is -2.29. The SMILES string of the molecule is O[C@@H]([C@H]1CCCN1Cc1cc(Cl)nc(Cl)c1)C(F)(F)F. The first-order valence-corrected chi connectivity index (χ1v) is 6.84. The lowest BCUT2D eigenvalue weighted by atomic mass is 10.1. The Bertz CT molecular complexity index is 464. The molecule has 1 N–H and O–H groups in total. The molecule has 1 fully saturated rings. The third-order valence-corrected chi connectivity index (χ3v) is 3.71. The zero-order valence-electron chi connectivity index (χ0n) is 10.4. The Morgan fingerprint density at radius 3 is 2.50 bits per heavy atom. The van der Waals surface area contributed by atoms with E-state index in [1.54, 1.807) is 17.0 Å². The smallest absolute Gasteiger partial charge is 0.382 e. The Kier molecular flexibility index (Phi) is 4.79. The van der Waals surface area contributed by atoms with Gasteiger partial charge in [-0.25, -0.2) is 4.98 Å². The van der Waals surface area contributed by atoms with Crippen molar-refractivity contribution < 1.29 is 18.3 Å². The van der Waals surface area contributed by atoms with Gasteiger partial charge in [0.15, 0.2) is 6.10 Å². The molecule has 2 heterocycles. The summed E-state index contributed by atoms with van der Waals surface area (Å²) in [6.45, 7) is 0.745. The lowest BCUT2D eigenvalue weighted by molar-refractivity contribution is -0.219. The highest BCUT2D eigenvalue weighted by atomic mass is 35.5. The number of halogens is 5. The number of nitrogens with zero attached hydrogens (tertiary/aromatic N) is 2. The van der Waals surface area contributed by atoms with Gasteiger partial charge in [0, 0.05) is 12.6 Å². The molecule has 1 aromatic rings. The molecule has 0 aliphatic carbocycles. The second-order valence-corrected chi connectivity index (χ2v) is 5.56.